The van der Waals surface area contributed by atoms with Gasteiger partial charge in [-0.2, -0.15) is 0 Å². The lowest BCUT2D eigenvalue weighted by atomic mass is 10.1. The maximum Gasteiger partial charge on any atom is 0.333 e. The highest BCUT2D eigenvalue weighted by Crippen LogP contribution is 2.29. The quantitative estimate of drug-likeness (QED) is 0.519. The van der Waals surface area contributed by atoms with Crippen LogP contribution in [0.3, 0.4) is 0 Å². The number of alkyl halides is 1. The summed E-state index contributed by atoms with van der Waals surface area (Å²) in [6.45, 7) is 12.9. The SMILES string of the molecule is CCO[Si](C)(C)OC(C)(Cl)CC(C)C. The molecule has 0 aliphatic carbocycles. The molecule has 14 heavy (non-hydrogen) atoms. The van der Waals surface area contributed by atoms with Crippen LogP contribution in [0.15, 0.2) is 0 Å². The van der Waals surface area contributed by atoms with Crippen molar-refractivity contribution in [2.24, 2.45) is 5.92 Å². The Hall–Kier alpha value is 0.427. The third-order valence-corrected chi connectivity index (χ3v) is 4.01. The average molecular weight is 239 g/mol. The lowest BCUT2D eigenvalue weighted by Crippen LogP contribution is -2.42. The predicted molar refractivity (Wildman–Crippen MR) is 63.9 cm³/mol. The molecule has 1 unspecified atom stereocenters. The van der Waals surface area contributed by atoms with Crippen molar-refractivity contribution < 1.29 is 8.85 Å². The van der Waals surface area contributed by atoms with Crippen LogP contribution in [0.1, 0.15) is 34.1 Å². The summed E-state index contributed by atoms with van der Waals surface area (Å²) >= 11 is 6.28. The van der Waals surface area contributed by atoms with Gasteiger partial charge in [0.05, 0.1) is 0 Å². The first-order chi connectivity index (χ1) is 6.18. The summed E-state index contributed by atoms with van der Waals surface area (Å²) in [4.78, 5) is 0. The molecule has 86 valence electrons. The Morgan fingerprint density at radius 3 is 2.21 bits per heavy atom. The van der Waals surface area contributed by atoms with Crippen molar-refractivity contribution in [3.8, 4) is 0 Å². The number of rotatable bonds is 6. The van der Waals surface area contributed by atoms with Gasteiger partial charge in [-0.05, 0) is 39.3 Å². The van der Waals surface area contributed by atoms with Crippen molar-refractivity contribution in [1.82, 2.24) is 0 Å². The van der Waals surface area contributed by atoms with Crippen LogP contribution in [0.2, 0.25) is 13.1 Å². The van der Waals surface area contributed by atoms with Crippen LogP contribution < -0.4 is 0 Å². The molecule has 1 atom stereocenters. The van der Waals surface area contributed by atoms with Gasteiger partial charge in [0.1, 0.15) is 5.06 Å². The molecule has 0 radical (unpaired) electrons. The van der Waals surface area contributed by atoms with Crippen LogP contribution >= 0.6 is 11.6 Å². The highest BCUT2D eigenvalue weighted by molar-refractivity contribution is 6.65. The minimum atomic E-state index is -2.04. The minimum Gasteiger partial charge on any atom is -0.395 e. The molecule has 0 heterocycles. The van der Waals surface area contributed by atoms with Gasteiger partial charge in [-0.25, -0.2) is 0 Å². The summed E-state index contributed by atoms with van der Waals surface area (Å²) in [5.74, 6) is 0.531. The van der Waals surface area contributed by atoms with Crippen molar-refractivity contribution in [3.63, 3.8) is 0 Å². The Morgan fingerprint density at radius 1 is 1.36 bits per heavy atom. The van der Waals surface area contributed by atoms with Crippen LogP contribution in [0, 0.1) is 5.92 Å². The van der Waals surface area contributed by atoms with Crippen LogP contribution in [0.5, 0.6) is 0 Å². The van der Waals surface area contributed by atoms with E-state index in [1.165, 1.54) is 0 Å². The molecule has 2 nitrogen and oxygen atoms in total. The topological polar surface area (TPSA) is 18.5 Å². The molecule has 0 N–H and O–H groups in total. The molecule has 0 aliphatic rings. The zero-order valence-electron chi connectivity index (χ0n) is 10.2. The van der Waals surface area contributed by atoms with E-state index in [9.17, 15) is 0 Å². The van der Waals surface area contributed by atoms with Gasteiger partial charge in [-0.1, -0.05) is 25.4 Å². The van der Waals surface area contributed by atoms with E-state index in [-0.39, 0.29) is 0 Å². The molecular weight excluding hydrogens is 216 g/mol. The van der Waals surface area contributed by atoms with Crippen molar-refractivity contribution in [1.29, 1.82) is 0 Å². The van der Waals surface area contributed by atoms with E-state index < -0.39 is 13.6 Å². The molecular formula is C10H23ClO2Si. The maximum atomic E-state index is 6.28. The first-order valence-electron chi connectivity index (χ1n) is 5.21. The van der Waals surface area contributed by atoms with Gasteiger partial charge >= 0.3 is 8.56 Å². The first kappa shape index (κ1) is 14.4. The van der Waals surface area contributed by atoms with E-state index in [0.717, 1.165) is 6.42 Å². The molecule has 0 aromatic carbocycles. The molecule has 0 fully saturated rings. The van der Waals surface area contributed by atoms with Crippen molar-refractivity contribution in [2.75, 3.05) is 6.61 Å². The Morgan fingerprint density at radius 2 is 1.86 bits per heavy atom. The molecule has 0 aromatic rings. The molecule has 0 aromatic heterocycles. The van der Waals surface area contributed by atoms with Crippen LogP contribution in [-0.4, -0.2) is 20.2 Å². The fourth-order valence-corrected chi connectivity index (χ4v) is 4.39. The highest BCUT2D eigenvalue weighted by atomic mass is 35.5. The van der Waals surface area contributed by atoms with E-state index in [2.05, 4.69) is 13.8 Å². The molecule has 0 amide bonds. The largest absolute Gasteiger partial charge is 0.395 e. The lowest BCUT2D eigenvalue weighted by molar-refractivity contribution is 0.0898. The van der Waals surface area contributed by atoms with Gasteiger partial charge in [0, 0.05) is 6.61 Å². The van der Waals surface area contributed by atoms with E-state index in [0.29, 0.717) is 12.5 Å². The van der Waals surface area contributed by atoms with E-state index in [1.54, 1.807) is 0 Å². The molecule has 0 bridgehead atoms. The Labute approximate surface area is 94.2 Å². The van der Waals surface area contributed by atoms with Gasteiger partial charge in [-0.15, -0.1) is 0 Å². The zero-order valence-corrected chi connectivity index (χ0v) is 11.9. The molecule has 0 rings (SSSR count). The predicted octanol–water partition coefficient (Wildman–Crippen LogP) is 3.74. The second-order valence-corrected chi connectivity index (χ2v) is 8.73. The van der Waals surface area contributed by atoms with Crippen molar-refractivity contribution in [3.05, 3.63) is 0 Å². The highest BCUT2D eigenvalue weighted by Gasteiger charge is 2.34. The molecule has 0 saturated heterocycles. The zero-order chi connectivity index (χ0) is 11.4. The third kappa shape index (κ3) is 6.82. The van der Waals surface area contributed by atoms with E-state index >= 15 is 0 Å². The van der Waals surface area contributed by atoms with Gasteiger partial charge in [0.2, 0.25) is 0 Å². The summed E-state index contributed by atoms with van der Waals surface area (Å²) < 4.78 is 11.4. The molecule has 4 heteroatoms. The Bertz CT molecular complexity index is 170. The van der Waals surface area contributed by atoms with Gasteiger partial charge in [-0.3, -0.25) is 0 Å². The van der Waals surface area contributed by atoms with E-state index in [4.69, 9.17) is 20.5 Å². The van der Waals surface area contributed by atoms with Crippen molar-refractivity contribution in [2.45, 2.75) is 52.3 Å². The second kappa shape index (κ2) is 5.49. The second-order valence-electron chi connectivity index (χ2n) is 4.63. The third-order valence-electron chi connectivity index (χ3n) is 1.72. The van der Waals surface area contributed by atoms with Crippen molar-refractivity contribution >= 4 is 20.2 Å². The molecule has 0 spiro atoms. The van der Waals surface area contributed by atoms with Crippen LogP contribution in [0.25, 0.3) is 0 Å². The van der Waals surface area contributed by atoms with Gasteiger partial charge in [0.15, 0.2) is 0 Å². The van der Waals surface area contributed by atoms with Gasteiger partial charge < -0.3 is 8.85 Å². The number of hydrogen-bond donors (Lipinski definition) is 0. The molecule has 0 saturated carbocycles. The summed E-state index contributed by atoms with van der Waals surface area (Å²) in [6.07, 6.45) is 0.845. The summed E-state index contributed by atoms with van der Waals surface area (Å²) in [6, 6.07) is 0. The number of halogens is 1. The standard InChI is InChI=1S/C10H23ClO2Si/c1-7-12-14(5,6)13-10(4,11)8-9(2)3/h9H,7-8H2,1-6H3. The Kier molecular flexibility index (Phi) is 5.66. The van der Waals surface area contributed by atoms with Crippen LogP contribution in [0.4, 0.5) is 0 Å². The summed E-state index contributed by atoms with van der Waals surface area (Å²) in [5.41, 5.74) is 0. The monoisotopic (exact) mass is 238 g/mol. The van der Waals surface area contributed by atoms with Crippen LogP contribution in [-0.2, 0) is 8.85 Å². The minimum absolute atomic E-state index is 0.531. The normalized spacial score (nSPS) is 17.1. The summed E-state index contributed by atoms with van der Waals surface area (Å²) in [7, 11) is -2.04. The number of hydrogen-bond acceptors (Lipinski definition) is 2. The fourth-order valence-electron chi connectivity index (χ4n) is 1.66. The maximum absolute atomic E-state index is 6.28. The summed E-state index contributed by atoms with van der Waals surface area (Å²) in [5, 5.41) is -0.584. The Balaban J connectivity index is 4.19. The van der Waals surface area contributed by atoms with E-state index in [1.807, 2.05) is 26.9 Å². The first-order valence-corrected chi connectivity index (χ1v) is 8.41. The smallest absolute Gasteiger partial charge is 0.333 e. The van der Waals surface area contributed by atoms with Gasteiger partial charge in [0.25, 0.3) is 0 Å². The lowest BCUT2D eigenvalue weighted by Gasteiger charge is -2.33. The average Bonchev–Trinajstić information content (AvgIpc) is 1.78. The fraction of sp³-hybridized carbons (Fsp3) is 1.00. The molecule has 0 aliphatic heterocycles.